The first-order valence-electron chi connectivity index (χ1n) is 13.6. The molecule has 186 valence electrons. The SMILES string of the molecule is C1=CCCC(c2cccc3c2C2(c4ccccc4Sc4ccccc42)c2cc(-c4ccccc4)ccc2S3)=C1. The van der Waals surface area contributed by atoms with Gasteiger partial charge in [-0.25, -0.2) is 0 Å². The Morgan fingerprint density at radius 3 is 1.95 bits per heavy atom. The molecule has 8 rings (SSSR count). The molecule has 2 heteroatoms. The largest absolute Gasteiger partial charge is 0.0894 e. The molecule has 3 aliphatic rings. The molecule has 0 atom stereocenters. The molecule has 1 spiro atoms. The van der Waals surface area contributed by atoms with Gasteiger partial charge in [0.05, 0.1) is 5.41 Å². The average molecular weight is 535 g/mol. The van der Waals surface area contributed by atoms with Crippen molar-refractivity contribution in [1.82, 2.24) is 0 Å². The zero-order valence-corrected chi connectivity index (χ0v) is 23.1. The summed E-state index contributed by atoms with van der Waals surface area (Å²) in [5.41, 5.74) is 10.5. The van der Waals surface area contributed by atoms with Crippen molar-refractivity contribution in [2.45, 2.75) is 37.8 Å². The fourth-order valence-corrected chi connectivity index (χ4v) is 9.03. The molecular weight excluding hydrogens is 509 g/mol. The second kappa shape index (κ2) is 9.19. The van der Waals surface area contributed by atoms with Gasteiger partial charge in [0.15, 0.2) is 0 Å². The molecule has 0 amide bonds. The van der Waals surface area contributed by atoms with E-state index in [1.807, 2.05) is 23.5 Å². The number of hydrogen-bond acceptors (Lipinski definition) is 2. The van der Waals surface area contributed by atoms with E-state index in [0.717, 1.165) is 12.8 Å². The van der Waals surface area contributed by atoms with Gasteiger partial charge < -0.3 is 0 Å². The van der Waals surface area contributed by atoms with Crippen LogP contribution in [0, 0.1) is 0 Å². The lowest BCUT2D eigenvalue weighted by molar-refractivity contribution is 0.664. The first-order chi connectivity index (χ1) is 19.3. The first kappa shape index (κ1) is 23.2. The van der Waals surface area contributed by atoms with Crippen molar-refractivity contribution in [2.75, 3.05) is 0 Å². The zero-order chi connectivity index (χ0) is 25.8. The molecule has 0 saturated carbocycles. The van der Waals surface area contributed by atoms with Gasteiger partial charge in [0.1, 0.15) is 0 Å². The third-order valence-electron chi connectivity index (χ3n) is 8.27. The number of hydrogen-bond donors (Lipinski definition) is 0. The summed E-state index contributed by atoms with van der Waals surface area (Å²) >= 11 is 3.84. The van der Waals surface area contributed by atoms with Crippen LogP contribution < -0.4 is 0 Å². The Bertz CT molecular complexity index is 1760. The topological polar surface area (TPSA) is 0 Å². The molecule has 0 unspecified atom stereocenters. The summed E-state index contributed by atoms with van der Waals surface area (Å²) in [5.74, 6) is 0. The Morgan fingerprint density at radius 2 is 1.21 bits per heavy atom. The molecule has 2 heterocycles. The van der Waals surface area contributed by atoms with E-state index in [0.29, 0.717) is 0 Å². The molecule has 39 heavy (non-hydrogen) atoms. The van der Waals surface area contributed by atoms with Crippen LogP contribution in [0.2, 0.25) is 0 Å². The highest BCUT2D eigenvalue weighted by Crippen LogP contribution is 2.63. The van der Waals surface area contributed by atoms with Crippen LogP contribution in [0.3, 0.4) is 0 Å². The molecular formula is C37H26S2. The summed E-state index contributed by atoms with van der Waals surface area (Å²) in [4.78, 5) is 5.39. The second-order valence-electron chi connectivity index (χ2n) is 10.4. The number of rotatable bonds is 2. The van der Waals surface area contributed by atoms with Crippen molar-refractivity contribution in [3.8, 4) is 11.1 Å². The highest BCUT2D eigenvalue weighted by molar-refractivity contribution is 8.00. The maximum Gasteiger partial charge on any atom is 0.0751 e. The summed E-state index contributed by atoms with van der Waals surface area (Å²) in [5, 5.41) is 0. The van der Waals surface area contributed by atoms with Crippen LogP contribution in [-0.2, 0) is 5.41 Å². The van der Waals surface area contributed by atoms with E-state index in [1.165, 1.54) is 64.1 Å². The van der Waals surface area contributed by atoms with Crippen LogP contribution in [0.1, 0.15) is 40.7 Å². The molecule has 0 nitrogen and oxygen atoms in total. The number of benzene rings is 5. The van der Waals surface area contributed by atoms with E-state index in [2.05, 4.69) is 133 Å². The Hall–Kier alpha value is -3.72. The molecule has 0 fully saturated rings. The predicted octanol–water partition coefficient (Wildman–Crippen LogP) is 10.4. The van der Waals surface area contributed by atoms with Gasteiger partial charge in [0.25, 0.3) is 0 Å². The van der Waals surface area contributed by atoms with Gasteiger partial charge in [-0.2, -0.15) is 0 Å². The Kier molecular flexibility index (Phi) is 5.46. The molecule has 5 aromatic rings. The Morgan fingerprint density at radius 1 is 0.538 bits per heavy atom. The normalized spacial score (nSPS) is 16.1. The summed E-state index contributed by atoms with van der Waals surface area (Å²) in [6.45, 7) is 0. The van der Waals surface area contributed by atoms with Gasteiger partial charge in [0.2, 0.25) is 0 Å². The molecule has 0 aromatic heterocycles. The maximum atomic E-state index is 2.48. The monoisotopic (exact) mass is 534 g/mol. The second-order valence-corrected chi connectivity index (χ2v) is 12.5. The minimum Gasteiger partial charge on any atom is -0.0894 e. The van der Waals surface area contributed by atoms with Crippen LogP contribution in [0.25, 0.3) is 16.7 Å². The van der Waals surface area contributed by atoms with Crippen molar-refractivity contribution in [2.24, 2.45) is 0 Å². The summed E-state index contributed by atoms with van der Waals surface area (Å²) < 4.78 is 0. The minimum absolute atomic E-state index is 0.405. The van der Waals surface area contributed by atoms with Gasteiger partial charge >= 0.3 is 0 Å². The summed E-state index contributed by atoms with van der Waals surface area (Å²) in [6, 6.07) is 43.1. The van der Waals surface area contributed by atoms with E-state index >= 15 is 0 Å². The van der Waals surface area contributed by atoms with Crippen molar-refractivity contribution in [3.63, 3.8) is 0 Å². The van der Waals surface area contributed by atoms with Crippen molar-refractivity contribution in [1.29, 1.82) is 0 Å². The lowest BCUT2D eigenvalue weighted by atomic mass is 9.62. The molecule has 2 aliphatic heterocycles. The van der Waals surface area contributed by atoms with E-state index in [1.54, 1.807) is 0 Å². The van der Waals surface area contributed by atoms with E-state index in [9.17, 15) is 0 Å². The van der Waals surface area contributed by atoms with Crippen LogP contribution in [0.4, 0.5) is 0 Å². The van der Waals surface area contributed by atoms with Gasteiger partial charge in [-0.05, 0) is 87.7 Å². The van der Waals surface area contributed by atoms with Gasteiger partial charge in [-0.15, -0.1) is 0 Å². The van der Waals surface area contributed by atoms with Gasteiger partial charge in [0, 0.05) is 19.6 Å². The maximum absolute atomic E-state index is 2.48. The van der Waals surface area contributed by atoms with Crippen molar-refractivity contribution in [3.05, 3.63) is 161 Å². The van der Waals surface area contributed by atoms with Crippen LogP contribution in [0.5, 0.6) is 0 Å². The Labute approximate surface area is 238 Å². The number of fused-ring (bicyclic) bond motifs is 8. The van der Waals surface area contributed by atoms with E-state index in [4.69, 9.17) is 0 Å². The summed E-state index contributed by atoms with van der Waals surface area (Å²) in [7, 11) is 0. The third-order valence-corrected chi connectivity index (χ3v) is 10.6. The minimum atomic E-state index is -0.405. The van der Waals surface area contributed by atoms with Crippen molar-refractivity contribution >= 4 is 29.1 Å². The average Bonchev–Trinajstić information content (AvgIpc) is 3.01. The highest BCUT2D eigenvalue weighted by atomic mass is 32.2. The van der Waals surface area contributed by atoms with Gasteiger partial charge in [-0.1, -0.05) is 127 Å². The quantitative estimate of drug-likeness (QED) is 0.216. The molecule has 0 bridgehead atoms. The summed E-state index contributed by atoms with van der Waals surface area (Å²) in [6.07, 6.45) is 9.02. The smallest absolute Gasteiger partial charge is 0.0751 e. The Balaban J connectivity index is 1.54. The fourth-order valence-electron chi connectivity index (χ4n) is 6.63. The molecule has 0 radical (unpaired) electrons. The third kappa shape index (κ3) is 3.48. The van der Waals surface area contributed by atoms with Crippen LogP contribution >= 0.6 is 23.5 Å². The zero-order valence-electron chi connectivity index (χ0n) is 21.4. The van der Waals surface area contributed by atoms with Crippen molar-refractivity contribution < 1.29 is 0 Å². The van der Waals surface area contributed by atoms with E-state index in [-0.39, 0.29) is 0 Å². The van der Waals surface area contributed by atoms with Gasteiger partial charge in [-0.3, -0.25) is 0 Å². The fraction of sp³-hybridized carbons (Fsp3) is 0.0811. The highest BCUT2D eigenvalue weighted by Gasteiger charge is 2.50. The van der Waals surface area contributed by atoms with Crippen LogP contribution in [-0.4, -0.2) is 0 Å². The van der Waals surface area contributed by atoms with E-state index < -0.39 is 5.41 Å². The molecule has 0 N–H and O–H groups in total. The lowest BCUT2D eigenvalue weighted by Gasteiger charge is -2.47. The predicted molar refractivity (Wildman–Crippen MR) is 165 cm³/mol. The molecule has 1 aliphatic carbocycles. The lowest BCUT2D eigenvalue weighted by Crippen LogP contribution is -2.37. The molecule has 0 saturated heterocycles. The first-order valence-corrected chi connectivity index (χ1v) is 15.2. The van der Waals surface area contributed by atoms with Crippen LogP contribution in [0.15, 0.2) is 153 Å². The standard InChI is InChI=1S/C37H26S2/c1-3-12-25(13-4-1)27-22-23-34-31(24-27)37(29-17-7-9-19-32(29)38-33-20-10-8-18-30(33)37)36-28(16-11-21-35(36)39-34)26-14-5-2-6-15-26/h1-5,7-14,16-24H,6,15H2. The molecule has 5 aromatic carbocycles. The number of allylic oxidation sites excluding steroid dienone is 4.